The Morgan fingerprint density at radius 1 is 1.18 bits per heavy atom. The Morgan fingerprint density at radius 2 is 1.82 bits per heavy atom. The van der Waals surface area contributed by atoms with Crippen LogP contribution in [0.15, 0.2) is 0 Å². The van der Waals surface area contributed by atoms with Crippen LogP contribution in [0.3, 0.4) is 0 Å². The molecule has 0 aromatic heterocycles. The molecule has 3 nitrogen and oxygen atoms in total. The molecule has 2 aliphatic heterocycles. The van der Waals surface area contributed by atoms with Gasteiger partial charge in [0.25, 0.3) is 0 Å². The summed E-state index contributed by atoms with van der Waals surface area (Å²) < 4.78 is 12.0. The van der Waals surface area contributed by atoms with Crippen LogP contribution in [0, 0.1) is 17.8 Å². The van der Waals surface area contributed by atoms with Crippen molar-refractivity contribution in [3.8, 4) is 0 Å². The molecule has 17 heavy (non-hydrogen) atoms. The third-order valence-corrected chi connectivity index (χ3v) is 5.91. The van der Waals surface area contributed by atoms with Crippen molar-refractivity contribution >= 4 is 15.9 Å². The second-order valence-electron chi connectivity index (χ2n) is 5.90. The van der Waals surface area contributed by atoms with Crippen LogP contribution in [0.1, 0.15) is 26.2 Å². The van der Waals surface area contributed by atoms with Crippen molar-refractivity contribution in [2.24, 2.45) is 23.5 Å². The van der Waals surface area contributed by atoms with Gasteiger partial charge < -0.3 is 15.2 Å². The van der Waals surface area contributed by atoms with Gasteiger partial charge >= 0.3 is 0 Å². The first kappa shape index (κ1) is 12.4. The molecule has 0 aromatic rings. The molecule has 2 heterocycles. The highest BCUT2D eigenvalue weighted by Gasteiger charge is 2.54. The van der Waals surface area contributed by atoms with Crippen LogP contribution in [0.4, 0.5) is 0 Å². The van der Waals surface area contributed by atoms with Crippen molar-refractivity contribution in [2.75, 3.05) is 13.2 Å². The number of hydrogen-bond acceptors (Lipinski definition) is 3. The summed E-state index contributed by atoms with van der Waals surface area (Å²) in [5.74, 6) is 1.87. The molecule has 6 unspecified atom stereocenters. The summed E-state index contributed by atoms with van der Waals surface area (Å²) in [6.45, 7) is 3.92. The van der Waals surface area contributed by atoms with Crippen molar-refractivity contribution < 1.29 is 9.47 Å². The highest BCUT2D eigenvalue weighted by molar-refractivity contribution is 9.09. The van der Waals surface area contributed by atoms with Gasteiger partial charge in [-0.3, -0.25) is 0 Å². The summed E-state index contributed by atoms with van der Waals surface area (Å²) in [7, 11) is 0. The SMILES string of the molecule is C[C@@H](N)CC1C2CCOC2C(Br)C2CCOC21. The van der Waals surface area contributed by atoms with Crippen LogP contribution in [0.5, 0.6) is 0 Å². The molecule has 98 valence electrons. The molecule has 3 rings (SSSR count). The van der Waals surface area contributed by atoms with Crippen LogP contribution in [-0.2, 0) is 9.47 Å². The molecule has 0 amide bonds. The van der Waals surface area contributed by atoms with Gasteiger partial charge in [0.05, 0.1) is 12.2 Å². The lowest BCUT2D eigenvalue weighted by molar-refractivity contribution is -0.0512. The maximum absolute atomic E-state index is 6.02. The van der Waals surface area contributed by atoms with Crippen molar-refractivity contribution in [3.05, 3.63) is 0 Å². The van der Waals surface area contributed by atoms with E-state index in [2.05, 4.69) is 22.9 Å². The van der Waals surface area contributed by atoms with E-state index in [1.807, 2.05) is 0 Å². The normalized spacial score (nSPS) is 51.0. The minimum atomic E-state index is 0.262. The average Bonchev–Trinajstić information content (AvgIpc) is 2.92. The molecular formula is C13H22BrNO2. The first-order valence-corrected chi connectivity index (χ1v) is 7.73. The molecule has 0 spiro atoms. The Labute approximate surface area is 112 Å². The molecule has 2 N–H and O–H groups in total. The standard InChI is InChI=1S/C13H22BrNO2/c1-7(15)6-10-8-2-4-17-13(8)11(14)9-3-5-16-12(9)10/h7-13H,2-6,15H2,1H3/t7-,8?,9?,10?,11?,12?,13?/m1/s1. The molecular weight excluding hydrogens is 282 g/mol. The fourth-order valence-electron chi connectivity index (χ4n) is 4.05. The number of hydrogen-bond donors (Lipinski definition) is 1. The van der Waals surface area contributed by atoms with Crippen molar-refractivity contribution in [2.45, 2.75) is 49.3 Å². The maximum atomic E-state index is 6.02. The first-order valence-electron chi connectivity index (χ1n) is 6.81. The average molecular weight is 304 g/mol. The van der Waals surface area contributed by atoms with Crippen molar-refractivity contribution in [1.82, 2.24) is 0 Å². The molecule has 4 heteroatoms. The van der Waals surface area contributed by atoms with Gasteiger partial charge in [0.2, 0.25) is 0 Å². The van der Waals surface area contributed by atoms with Gasteiger partial charge in [-0.2, -0.15) is 0 Å². The Hall–Kier alpha value is 0.360. The van der Waals surface area contributed by atoms with Gasteiger partial charge in [-0.1, -0.05) is 15.9 Å². The van der Waals surface area contributed by atoms with E-state index in [0.29, 0.717) is 34.8 Å². The van der Waals surface area contributed by atoms with Crippen LogP contribution < -0.4 is 5.73 Å². The molecule has 0 aromatic carbocycles. The van der Waals surface area contributed by atoms with E-state index in [1.165, 1.54) is 12.8 Å². The molecule has 0 radical (unpaired) electrons. The molecule has 1 aliphatic carbocycles. The van der Waals surface area contributed by atoms with Crippen LogP contribution in [0.2, 0.25) is 0 Å². The summed E-state index contributed by atoms with van der Waals surface area (Å²) in [6.07, 6.45) is 4.22. The van der Waals surface area contributed by atoms with E-state index in [4.69, 9.17) is 15.2 Å². The highest BCUT2D eigenvalue weighted by Crippen LogP contribution is 2.50. The predicted octanol–water partition coefficient (Wildman–Crippen LogP) is 1.93. The molecule has 2 saturated heterocycles. The number of fused-ring (bicyclic) bond motifs is 2. The van der Waals surface area contributed by atoms with Gasteiger partial charge in [0.1, 0.15) is 0 Å². The molecule has 0 bridgehead atoms. The van der Waals surface area contributed by atoms with E-state index in [-0.39, 0.29) is 6.04 Å². The summed E-state index contributed by atoms with van der Waals surface area (Å²) in [4.78, 5) is 0.479. The third-order valence-electron chi connectivity index (χ3n) is 4.71. The number of ether oxygens (including phenoxy) is 2. The second kappa shape index (κ2) is 4.80. The maximum Gasteiger partial charge on any atom is 0.0736 e. The van der Waals surface area contributed by atoms with Crippen LogP contribution in [-0.4, -0.2) is 36.3 Å². The van der Waals surface area contributed by atoms with Crippen molar-refractivity contribution in [3.63, 3.8) is 0 Å². The lowest BCUT2D eigenvalue weighted by atomic mass is 9.68. The van der Waals surface area contributed by atoms with E-state index < -0.39 is 0 Å². The Balaban J connectivity index is 1.84. The zero-order valence-corrected chi connectivity index (χ0v) is 11.9. The minimum Gasteiger partial charge on any atom is -0.378 e. The smallest absolute Gasteiger partial charge is 0.0736 e. The number of halogens is 1. The van der Waals surface area contributed by atoms with E-state index >= 15 is 0 Å². The molecule has 1 saturated carbocycles. The Morgan fingerprint density at radius 3 is 2.53 bits per heavy atom. The fourth-order valence-corrected chi connectivity index (χ4v) is 5.16. The summed E-state index contributed by atoms with van der Waals surface area (Å²) in [5, 5.41) is 0. The van der Waals surface area contributed by atoms with Gasteiger partial charge in [-0.25, -0.2) is 0 Å². The van der Waals surface area contributed by atoms with Crippen LogP contribution >= 0.6 is 15.9 Å². The van der Waals surface area contributed by atoms with E-state index in [0.717, 1.165) is 19.6 Å². The molecule has 7 atom stereocenters. The fraction of sp³-hybridized carbons (Fsp3) is 1.00. The lowest BCUT2D eigenvalue weighted by Gasteiger charge is -2.44. The van der Waals surface area contributed by atoms with Crippen molar-refractivity contribution in [1.29, 1.82) is 0 Å². The molecule has 3 aliphatic rings. The largest absolute Gasteiger partial charge is 0.378 e. The van der Waals surface area contributed by atoms with Gasteiger partial charge in [-0.05, 0) is 38.0 Å². The minimum absolute atomic E-state index is 0.262. The van der Waals surface area contributed by atoms with E-state index in [1.54, 1.807) is 0 Å². The predicted molar refractivity (Wildman–Crippen MR) is 70.2 cm³/mol. The van der Waals surface area contributed by atoms with Crippen LogP contribution in [0.25, 0.3) is 0 Å². The lowest BCUT2D eigenvalue weighted by Crippen LogP contribution is -2.51. The number of nitrogens with two attached hydrogens (primary N) is 1. The zero-order valence-electron chi connectivity index (χ0n) is 10.3. The summed E-state index contributed by atoms with van der Waals surface area (Å²) >= 11 is 3.86. The van der Waals surface area contributed by atoms with Gasteiger partial charge in [-0.15, -0.1) is 0 Å². The highest BCUT2D eigenvalue weighted by atomic mass is 79.9. The van der Waals surface area contributed by atoms with Gasteiger partial charge in [0, 0.05) is 30.0 Å². The third kappa shape index (κ3) is 2.07. The zero-order chi connectivity index (χ0) is 12.0. The monoisotopic (exact) mass is 303 g/mol. The summed E-state index contributed by atoms with van der Waals surface area (Å²) in [5.41, 5.74) is 6.02. The van der Waals surface area contributed by atoms with Gasteiger partial charge in [0.15, 0.2) is 0 Å². The Bertz CT molecular complexity index is 265. The quantitative estimate of drug-likeness (QED) is 0.793. The Kier molecular flexibility index (Phi) is 3.50. The molecule has 3 fully saturated rings. The topological polar surface area (TPSA) is 44.5 Å². The number of rotatable bonds is 2. The number of alkyl halides is 1. The summed E-state index contributed by atoms with van der Waals surface area (Å²) in [6, 6.07) is 0.262. The second-order valence-corrected chi connectivity index (χ2v) is 6.95. The first-order chi connectivity index (χ1) is 8.18. The van der Waals surface area contributed by atoms with E-state index in [9.17, 15) is 0 Å².